The van der Waals surface area contributed by atoms with Crippen molar-refractivity contribution in [2.24, 2.45) is 5.73 Å². The van der Waals surface area contributed by atoms with Gasteiger partial charge in [0.15, 0.2) is 0 Å². The predicted octanol–water partition coefficient (Wildman–Crippen LogP) is 2.02. The molecule has 23 heavy (non-hydrogen) atoms. The fourth-order valence-electron chi connectivity index (χ4n) is 2.57. The molecule has 7 heteroatoms. The normalized spacial score (nSPS) is 16.7. The number of fused-ring (bicyclic) bond motifs is 1. The molecule has 0 spiro atoms. The molecule has 3 rings (SSSR count). The molecule has 0 radical (unpaired) electrons. The van der Waals surface area contributed by atoms with E-state index in [1.165, 1.54) is 23.1 Å². The molecule has 0 fully saturated rings. The molecule has 1 unspecified atom stereocenters. The third-order valence-corrected chi connectivity index (χ3v) is 3.63. The number of nitro groups is 1. The van der Waals surface area contributed by atoms with Gasteiger partial charge >= 0.3 is 0 Å². The van der Waals surface area contributed by atoms with Crippen LogP contribution < -0.4 is 15.4 Å². The lowest BCUT2D eigenvalue weighted by Gasteiger charge is -2.34. The molecule has 7 nitrogen and oxygen atoms in total. The van der Waals surface area contributed by atoms with E-state index < -0.39 is 11.0 Å². The van der Waals surface area contributed by atoms with Crippen LogP contribution in [-0.2, 0) is 4.79 Å². The standard InChI is InChI=1S/C16H15N3O4/c17-8-9-18-13-10-12(19(21)22)6-7-14(13)23-15(16(18)20)11-4-2-1-3-5-11/h1-7,10,15H,8-9,17H2. The molecule has 2 N–H and O–H groups in total. The third kappa shape index (κ3) is 2.74. The number of nitrogens with zero attached hydrogens (tertiary/aromatic N) is 2. The molecule has 1 atom stereocenters. The number of nitrogens with two attached hydrogens (primary N) is 1. The summed E-state index contributed by atoms with van der Waals surface area (Å²) in [4.78, 5) is 24.6. The number of hydrogen-bond acceptors (Lipinski definition) is 5. The van der Waals surface area contributed by atoms with Crippen LogP contribution in [0.2, 0.25) is 0 Å². The van der Waals surface area contributed by atoms with Crippen LogP contribution in [0.15, 0.2) is 48.5 Å². The Balaban J connectivity index is 2.06. The SMILES string of the molecule is NCCN1C(=O)C(c2ccccc2)Oc2ccc([N+](=O)[O-])cc21. The monoisotopic (exact) mass is 313 g/mol. The van der Waals surface area contributed by atoms with E-state index in [1.807, 2.05) is 18.2 Å². The van der Waals surface area contributed by atoms with Gasteiger partial charge in [-0.3, -0.25) is 14.9 Å². The average Bonchev–Trinajstić information content (AvgIpc) is 2.57. The van der Waals surface area contributed by atoms with Crippen molar-refractivity contribution in [1.29, 1.82) is 0 Å². The Hall–Kier alpha value is -2.93. The van der Waals surface area contributed by atoms with E-state index in [-0.39, 0.29) is 24.7 Å². The van der Waals surface area contributed by atoms with Gasteiger partial charge in [0.1, 0.15) is 5.75 Å². The summed E-state index contributed by atoms with van der Waals surface area (Å²) in [5, 5.41) is 11.0. The van der Waals surface area contributed by atoms with Crippen LogP contribution in [0.5, 0.6) is 5.75 Å². The highest BCUT2D eigenvalue weighted by molar-refractivity contribution is 6.01. The van der Waals surface area contributed by atoms with Gasteiger partial charge in [-0.15, -0.1) is 0 Å². The third-order valence-electron chi connectivity index (χ3n) is 3.63. The Bertz CT molecular complexity index is 748. The smallest absolute Gasteiger partial charge is 0.272 e. The number of nitro benzene ring substituents is 1. The van der Waals surface area contributed by atoms with Crippen molar-refractivity contribution in [3.05, 3.63) is 64.2 Å². The number of rotatable bonds is 4. The zero-order valence-electron chi connectivity index (χ0n) is 12.2. The van der Waals surface area contributed by atoms with Crippen LogP contribution in [0.3, 0.4) is 0 Å². The first-order valence-electron chi connectivity index (χ1n) is 7.13. The number of carbonyl (C=O) groups excluding carboxylic acids is 1. The molecule has 0 saturated carbocycles. The highest BCUT2D eigenvalue weighted by Gasteiger charge is 2.36. The fraction of sp³-hybridized carbons (Fsp3) is 0.188. The second-order valence-electron chi connectivity index (χ2n) is 5.10. The van der Waals surface area contributed by atoms with E-state index in [2.05, 4.69) is 0 Å². The van der Waals surface area contributed by atoms with Crippen molar-refractivity contribution in [1.82, 2.24) is 0 Å². The molecule has 118 valence electrons. The summed E-state index contributed by atoms with van der Waals surface area (Å²) in [6.45, 7) is 0.509. The number of anilines is 1. The number of ether oxygens (including phenoxy) is 1. The van der Waals surface area contributed by atoms with Crippen molar-refractivity contribution >= 4 is 17.3 Å². The molecular formula is C16H15N3O4. The van der Waals surface area contributed by atoms with E-state index in [4.69, 9.17) is 10.5 Å². The maximum Gasteiger partial charge on any atom is 0.272 e. The van der Waals surface area contributed by atoms with Crippen molar-refractivity contribution in [3.63, 3.8) is 0 Å². The van der Waals surface area contributed by atoms with Crippen molar-refractivity contribution in [3.8, 4) is 5.75 Å². The van der Waals surface area contributed by atoms with Gasteiger partial charge in [-0.05, 0) is 6.07 Å². The Labute approximate surface area is 132 Å². The minimum absolute atomic E-state index is 0.0969. The van der Waals surface area contributed by atoms with Crippen LogP contribution >= 0.6 is 0 Å². The summed E-state index contributed by atoms with van der Waals surface area (Å²) in [5.74, 6) is 0.146. The van der Waals surface area contributed by atoms with Crippen molar-refractivity contribution < 1.29 is 14.5 Å². The molecule has 1 heterocycles. The first-order valence-corrected chi connectivity index (χ1v) is 7.13. The van der Waals surface area contributed by atoms with Gasteiger partial charge in [-0.1, -0.05) is 30.3 Å². The molecular weight excluding hydrogens is 298 g/mol. The van der Waals surface area contributed by atoms with E-state index in [0.717, 1.165) is 5.56 Å². The quantitative estimate of drug-likeness (QED) is 0.687. The van der Waals surface area contributed by atoms with Crippen LogP contribution in [0.1, 0.15) is 11.7 Å². The van der Waals surface area contributed by atoms with E-state index in [0.29, 0.717) is 11.4 Å². The molecule has 1 amide bonds. The molecule has 0 aliphatic carbocycles. The maximum atomic E-state index is 12.7. The lowest BCUT2D eigenvalue weighted by atomic mass is 10.1. The fourth-order valence-corrected chi connectivity index (χ4v) is 2.57. The average molecular weight is 313 g/mol. The summed E-state index contributed by atoms with van der Waals surface area (Å²) >= 11 is 0. The molecule has 0 bridgehead atoms. The topological polar surface area (TPSA) is 98.7 Å². The van der Waals surface area contributed by atoms with Crippen LogP contribution in [0, 0.1) is 10.1 Å². The van der Waals surface area contributed by atoms with Gasteiger partial charge in [-0.2, -0.15) is 0 Å². The minimum Gasteiger partial charge on any atom is -0.474 e. The zero-order chi connectivity index (χ0) is 16.4. The van der Waals surface area contributed by atoms with E-state index >= 15 is 0 Å². The second kappa shape index (κ2) is 6.05. The largest absolute Gasteiger partial charge is 0.474 e. The molecule has 1 aliphatic heterocycles. The van der Waals surface area contributed by atoms with Gasteiger partial charge in [0.25, 0.3) is 11.6 Å². The maximum absolute atomic E-state index is 12.7. The van der Waals surface area contributed by atoms with E-state index in [9.17, 15) is 14.9 Å². The van der Waals surface area contributed by atoms with Crippen molar-refractivity contribution in [2.45, 2.75) is 6.10 Å². The molecule has 0 saturated heterocycles. The Morgan fingerprint density at radius 1 is 1.22 bits per heavy atom. The predicted molar refractivity (Wildman–Crippen MR) is 84.3 cm³/mol. The first kappa shape index (κ1) is 15.0. The Kier molecular flexibility index (Phi) is 3.94. The number of non-ortho nitro benzene ring substituents is 1. The zero-order valence-corrected chi connectivity index (χ0v) is 12.2. The van der Waals surface area contributed by atoms with Gasteiger partial charge in [-0.25, -0.2) is 0 Å². The van der Waals surface area contributed by atoms with E-state index in [1.54, 1.807) is 12.1 Å². The molecule has 0 aromatic heterocycles. The summed E-state index contributed by atoms with van der Waals surface area (Å²) < 4.78 is 5.79. The molecule has 2 aromatic carbocycles. The number of hydrogen-bond donors (Lipinski definition) is 1. The summed E-state index contributed by atoms with van der Waals surface area (Å²) in [7, 11) is 0. The van der Waals surface area contributed by atoms with Gasteiger partial charge in [0.05, 0.1) is 10.6 Å². The van der Waals surface area contributed by atoms with Crippen LogP contribution in [0.4, 0.5) is 11.4 Å². The lowest BCUT2D eigenvalue weighted by molar-refractivity contribution is -0.384. The molecule has 2 aromatic rings. The highest BCUT2D eigenvalue weighted by Crippen LogP contribution is 2.40. The highest BCUT2D eigenvalue weighted by atomic mass is 16.6. The number of benzene rings is 2. The number of carbonyl (C=O) groups is 1. The van der Waals surface area contributed by atoms with Gasteiger partial charge in [0, 0.05) is 30.8 Å². The van der Waals surface area contributed by atoms with Crippen LogP contribution in [0.25, 0.3) is 0 Å². The summed E-state index contributed by atoms with van der Waals surface area (Å²) in [6.07, 6.45) is -0.781. The summed E-state index contributed by atoms with van der Waals surface area (Å²) in [5.41, 5.74) is 6.60. The van der Waals surface area contributed by atoms with Gasteiger partial charge in [0.2, 0.25) is 6.10 Å². The van der Waals surface area contributed by atoms with Gasteiger partial charge < -0.3 is 15.4 Å². The lowest BCUT2D eigenvalue weighted by Crippen LogP contribution is -2.43. The minimum atomic E-state index is -0.781. The Morgan fingerprint density at radius 3 is 2.61 bits per heavy atom. The number of amides is 1. The summed E-state index contributed by atoms with van der Waals surface area (Å²) in [6, 6.07) is 13.3. The first-order chi connectivity index (χ1) is 11.1. The second-order valence-corrected chi connectivity index (χ2v) is 5.10. The Morgan fingerprint density at radius 2 is 1.96 bits per heavy atom. The van der Waals surface area contributed by atoms with Crippen molar-refractivity contribution in [2.75, 3.05) is 18.0 Å². The molecule has 1 aliphatic rings. The van der Waals surface area contributed by atoms with Crippen LogP contribution in [-0.4, -0.2) is 23.9 Å².